The molecule has 1 aliphatic heterocycles. The quantitative estimate of drug-likeness (QED) is 0.507. The molecule has 0 saturated heterocycles. The smallest absolute Gasteiger partial charge is 0.264 e. The van der Waals surface area contributed by atoms with Gasteiger partial charge in [-0.25, -0.2) is 13.4 Å². The highest BCUT2D eigenvalue weighted by atomic mass is 32.2. The van der Waals surface area contributed by atoms with Gasteiger partial charge in [0.25, 0.3) is 10.0 Å². The molecule has 0 aliphatic carbocycles. The van der Waals surface area contributed by atoms with E-state index in [0.717, 1.165) is 38.5 Å². The van der Waals surface area contributed by atoms with E-state index in [9.17, 15) is 8.42 Å². The monoisotopic (exact) mass is 392 g/mol. The summed E-state index contributed by atoms with van der Waals surface area (Å²) in [5, 5.41) is 0.895. The van der Waals surface area contributed by atoms with Crippen LogP contribution in [0.1, 0.15) is 5.56 Å². The van der Waals surface area contributed by atoms with Crippen molar-refractivity contribution in [2.24, 2.45) is 0 Å². The van der Waals surface area contributed by atoms with Crippen molar-refractivity contribution in [2.45, 2.75) is 11.3 Å². The summed E-state index contributed by atoms with van der Waals surface area (Å²) < 4.78 is 28.8. The Morgan fingerprint density at radius 1 is 0.889 bits per heavy atom. The molecular weight excluding hydrogens is 376 g/mol. The molecule has 27 heavy (non-hydrogen) atoms. The number of aromatic nitrogens is 1. The van der Waals surface area contributed by atoms with Crippen LogP contribution in [0.4, 0.5) is 5.69 Å². The summed E-state index contributed by atoms with van der Waals surface area (Å²) in [6.45, 7) is 0.487. The summed E-state index contributed by atoms with van der Waals surface area (Å²) in [6.07, 6.45) is 0.749. The van der Waals surface area contributed by atoms with Crippen molar-refractivity contribution < 1.29 is 8.42 Å². The van der Waals surface area contributed by atoms with Gasteiger partial charge in [-0.3, -0.25) is 4.31 Å². The van der Waals surface area contributed by atoms with Crippen LogP contribution in [0.3, 0.4) is 0 Å². The summed E-state index contributed by atoms with van der Waals surface area (Å²) in [5.74, 6) is 0. The first-order valence-electron chi connectivity index (χ1n) is 8.69. The van der Waals surface area contributed by atoms with Crippen molar-refractivity contribution in [1.29, 1.82) is 0 Å². The zero-order valence-corrected chi connectivity index (χ0v) is 16.0. The van der Waals surface area contributed by atoms with Gasteiger partial charge in [-0.15, -0.1) is 11.3 Å². The lowest BCUT2D eigenvalue weighted by atomic mass is 10.2. The van der Waals surface area contributed by atoms with Crippen LogP contribution in [0.2, 0.25) is 0 Å². The van der Waals surface area contributed by atoms with Gasteiger partial charge < -0.3 is 0 Å². The van der Waals surface area contributed by atoms with Crippen LogP contribution < -0.4 is 4.31 Å². The standard InChI is InChI=1S/C21H16N2O2S2/c24-27(25,23-14-13-15-5-1-3-7-19(15)23)17-11-9-16(10-12-17)21-22-18-6-2-4-8-20(18)26-21/h1-12H,13-14H2. The fourth-order valence-electron chi connectivity index (χ4n) is 3.45. The number of hydrogen-bond donors (Lipinski definition) is 0. The lowest BCUT2D eigenvalue weighted by Crippen LogP contribution is -2.29. The van der Waals surface area contributed by atoms with Crippen LogP contribution in [0.5, 0.6) is 0 Å². The fraction of sp³-hybridized carbons (Fsp3) is 0.0952. The molecule has 0 bridgehead atoms. The minimum absolute atomic E-state index is 0.309. The van der Waals surface area contributed by atoms with Gasteiger partial charge in [0, 0.05) is 12.1 Å². The maximum Gasteiger partial charge on any atom is 0.264 e. The van der Waals surface area contributed by atoms with Crippen LogP contribution in [0, 0.1) is 0 Å². The molecule has 4 aromatic rings. The Labute approximate surface area is 161 Å². The second-order valence-electron chi connectivity index (χ2n) is 6.47. The number of anilines is 1. The molecule has 0 N–H and O–H groups in total. The Morgan fingerprint density at radius 3 is 2.44 bits per heavy atom. The third-order valence-electron chi connectivity index (χ3n) is 4.83. The zero-order chi connectivity index (χ0) is 18.4. The second-order valence-corrected chi connectivity index (χ2v) is 9.36. The average molecular weight is 393 g/mol. The van der Waals surface area contributed by atoms with Crippen LogP contribution in [-0.4, -0.2) is 19.9 Å². The van der Waals surface area contributed by atoms with Gasteiger partial charge >= 0.3 is 0 Å². The van der Waals surface area contributed by atoms with Crippen molar-refractivity contribution in [3.63, 3.8) is 0 Å². The number of rotatable bonds is 3. The number of hydrogen-bond acceptors (Lipinski definition) is 4. The van der Waals surface area contributed by atoms with Gasteiger partial charge in [-0.1, -0.05) is 42.5 Å². The molecule has 134 valence electrons. The van der Waals surface area contributed by atoms with Gasteiger partial charge in [0.1, 0.15) is 5.01 Å². The first-order chi connectivity index (χ1) is 13.1. The molecule has 0 amide bonds. The molecule has 0 spiro atoms. The van der Waals surface area contributed by atoms with Crippen molar-refractivity contribution in [1.82, 2.24) is 4.98 Å². The number of fused-ring (bicyclic) bond motifs is 2. The van der Waals surface area contributed by atoms with Crippen molar-refractivity contribution >= 4 is 37.3 Å². The summed E-state index contributed by atoms with van der Waals surface area (Å²) in [6, 6.07) is 22.7. The number of sulfonamides is 1. The van der Waals surface area contributed by atoms with Crippen LogP contribution in [0.15, 0.2) is 77.7 Å². The minimum atomic E-state index is -3.56. The molecule has 0 saturated carbocycles. The normalized spacial score (nSPS) is 13.9. The number of nitrogens with zero attached hydrogens (tertiary/aromatic N) is 2. The van der Waals surface area contributed by atoms with Gasteiger partial charge in [0.05, 0.1) is 20.8 Å². The molecule has 2 heterocycles. The largest absolute Gasteiger partial charge is 0.266 e. The molecule has 0 fully saturated rings. The Balaban J connectivity index is 1.50. The van der Waals surface area contributed by atoms with Gasteiger partial charge in [-0.05, 0) is 42.3 Å². The van der Waals surface area contributed by atoms with Crippen LogP contribution in [-0.2, 0) is 16.4 Å². The van der Waals surface area contributed by atoms with Gasteiger partial charge in [0.2, 0.25) is 0 Å². The Kier molecular flexibility index (Phi) is 3.77. The molecule has 4 nitrogen and oxygen atoms in total. The molecule has 1 aromatic heterocycles. The number of para-hydroxylation sites is 2. The molecular formula is C21H16N2O2S2. The Morgan fingerprint density at radius 2 is 1.63 bits per heavy atom. The molecule has 0 radical (unpaired) electrons. The Bertz CT molecular complexity index is 1210. The first kappa shape index (κ1) is 16.5. The highest BCUT2D eigenvalue weighted by Crippen LogP contribution is 2.34. The maximum atomic E-state index is 13.1. The summed E-state index contributed by atoms with van der Waals surface area (Å²) in [7, 11) is -3.56. The predicted molar refractivity (Wildman–Crippen MR) is 110 cm³/mol. The van der Waals surface area contributed by atoms with E-state index in [1.165, 1.54) is 4.31 Å². The zero-order valence-electron chi connectivity index (χ0n) is 14.4. The van der Waals surface area contributed by atoms with E-state index in [1.54, 1.807) is 23.5 Å². The summed E-state index contributed by atoms with van der Waals surface area (Å²) >= 11 is 1.61. The topological polar surface area (TPSA) is 50.3 Å². The molecule has 0 atom stereocenters. The Hall–Kier alpha value is -2.70. The minimum Gasteiger partial charge on any atom is -0.266 e. The second kappa shape index (κ2) is 6.18. The summed E-state index contributed by atoms with van der Waals surface area (Å²) in [4.78, 5) is 4.95. The average Bonchev–Trinajstić information content (AvgIpc) is 3.32. The lowest BCUT2D eigenvalue weighted by Gasteiger charge is -2.19. The van der Waals surface area contributed by atoms with E-state index in [0.29, 0.717) is 11.4 Å². The van der Waals surface area contributed by atoms with Crippen molar-refractivity contribution in [2.75, 3.05) is 10.8 Å². The van der Waals surface area contributed by atoms with Gasteiger partial charge in [0.15, 0.2) is 0 Å². The SMILES string of the molecule is O=S(=O)(c1ccc(-c2nc3ccccc3s2)cc1)N1CCc2ccccc21. The fourth-order valence-corrected chi connectivity index (χ4v) is 5.92. The van der Waals surface area contributed by atoms with Crippen LogP contribution >= 0.6 is 11.3 Å². The maximum absolute atomic E-state index is 13.1. The predicted octanol–water partition coefficient (Wildman–Crippen LogP) is 4.71. The van der Waals surface area contributed by atoms with Crippen molar-refractivity contribution in [3.8, 4) is 10.6 Å². The van der Waals surface area contributed by atoms with E-state index in [-0.39, 0.29) is 0 Å². The summed E-state index contributed by atoms with van der Waals surface area (Å²) in [5.41, 5.74) is 3.75. The molecule has 1 aliphatic rings. The lowest BCUT2D eigenvalue weighted by molar-refractivity contribution is 0.592. The van der Waals surface area contributed by atoms with Crippen molar-refractivity contribution in [3.05, 3.63) is 78.4 Å². The van der Waals surface area contributed by atoms with E-state index in [1.807, 2.05) is 60.7 Å². The van der Waals surface area contributed by atoms with Gasteiger partial charge in [-0.2, -0.15) is 0 Å². The third-order valence-corrected chi connectivity index (χ3v) is 7.74. The van der Waals surface area contributed by atoms with Crippen LogP contribution in [0.25, 0.3) is 20.8 Å². The number of thiazole rings is 1. The molecule has 0 unspecified atom stereocenters. The van der Waals surface area contributed by atoms with E-state index in [2.05, 4.69) is 4.98 Å². The van der Waals surface area contributed by atoms with E-state index < -0.39 is 10.0 Å². The molecule has 5 rings (SSSR count). The van der Waals surface area contributed by atoms with E-state index >= 15 is 0 Å². The first-order valence-corrected chi connectivity index (χ1v) is 11.0. The molecule has 6 heteroatoms. The third kappa shape index (κ3) is 2.72. The van der Waals surface area contributed by atoms with E-state index in [4.69, 9.17) is 0 Å². The highest BCUT2D eigenvalue weighted by Gasteiger charge is 2.30. The highest BCUT2D eigenvalue weighted by molar-refractivity contribution is 7.92. The number of benzene rings is 3. The molecule has 3 aromatic carbocycles.